The number of aliphatic hydroxyl groups excluding tert-OH is 1. The minimum absolute atomic E-state index is 0.0317. The SMILES string of the molecule is O=C(O)C(NC(=O)[C@]1(O)CO[C@H](c2ccc(O)cc2)C1)c1ccc(CCCO)cc1. The van der Waals surface area contributed by atoms with E-state index >= 15 is 0 Å². The Morgan fingerprint density at radius 3 is 2.40 bits per heavy atom. The highest BCUT2D eigenvalue weighted by atomic mass is 16.5. The molecule has 1 amide bonds. The minimum atomic E-state index is -1.86. The molecule has 0 spiro atoms. The maximum atomic E-state index is 12.7. The van der Waals surface area contributed by atoms with E-state index < -0.39 is 29.6 Å². The number of rotatable bonds is 8. The van der Waals surface area contributed by atoms with Crippen molar-refractivity contribution in [3.63, 3.8) is 0 Å². The zero-order valence-corrected chi connectivity index (χ0v) is 16.3. The summed E-state index contributed by atoms with van der Waals surface area (Å²) in [4.78, 5) is 24.5. The van der Waals surface area contributed by atoms with Crippen molar-refractivity contribution in [2.24, 2.45) is 0 Å². The normalized spacial score (nSPS) is 21.9. The fraction of sp³-hybridized carbons (Fsp3) is 0.364. The van der Waals surface area contributed by atoms with Crippen molar-refractivity contribution in [1.29, 1.82) is 0 Å². The number of carbonyl (C=O) groups excluding carboxylic acids is 1. The predicted molar refractivity (Wildman–Crippen MR) is 107 cm³/mol. The number of benzene rings is 2. The molecule has 160 valence electrons. The first-order chi connectivity index (χ1) is 14.3. The van der Waals surface area contributed by atoms with E-state index in [1.165, 1.54) is 12.1 Å². The number of hydrogen-bond acceptors (Lipinski definition) is 6. The van der Waals surface area contributed by atoms with E-state index in [-0.39, 0.29) is 25.4 Å². The van der Waals surface area contributed by atoms with Crippen LogP contribution in [0.5, 0.6) is 5.75 Å². The Morgan fingerprint density at radius 2 is 1.80 bits per heavy atom. The molecule has 0 aliphatic carbocycles. The molecule has 1 aliphatic heterocycles. The lowest BCUT2D eigenvalue weighted by Crippen LogP contribution is -2.49. The Balaban J connectivity index is 1.69. The standard InChI is InChI=1S/C22H25NO7/c24-11-1-2-14-3-5-16(6-4-14)19(20(26)27)23-21(28)22(29)12-18(30-13-22)15-7-9-17(25)10-8-15/h3-10,18-19,24-25,29H,1-2,11-13H2,(H,23,28)(H,26,27)/t18-,19?,22+/m0/s1. The van der Waals surface area contributed by atoms with E-state index in [9.17, 15) is 24.9 Å². The second-order valence-corrected chi connectivity index (χ2v) is 7.44. The van der Waals surface area contributed by atoms with Crippen LogP contribution in [0.25, 0.3) is 0 Å². The highest BCUT2D eigenvalue weighted by Crippen LogP contribution is 2.36. The van der Waals surface area contributed by atoms with Crippen LogP contribution in [0.4, 0.5) is 0 Å². The Morgan fingerprint density at radius 1 is 1.13 bits per heavy atom. The van der Waals surface area contributed by atoms with Crippen LogP contribution in [0.15, 0.2) is 48.5 Å². The lowest BCUT2D eigenvalue weighted by Gasteiger charge is -2.23. The number of nitrogens with one attached hydrogen (secondary N) is 1. The summed E-state index contributed by atoms with van der Waals surface area (Å²) in [6.07, 6.45) is 0.691. The lowest BCUT2D eigenvalue weighted by atomic mass is 9.94. The molecule has 1 saturated heterocycles. The molecule has 2 aromatic rings. The molecule has 0 saturated carbocycles. The van der Waals surface area contributed by atoms with Crippen molar-refractivity contribution in [2.45, 2.75) is 37.0 Å². The van der Waals surface area contributed by atoms with Crippen LogP contribution in [-0.4, -0.2) is 51.1 Å². The van der Waals surface area contributed by atoms with Gasteiger partial charge in [-0.2, -0.15) is 0 Å². The average molecular weight is 415 g/mol. The molecule has 8 heteroatoms. The quantitative estimate of drug-likeness (QED) is 0.440. The smallest absolute Gasteiger partial charge is 0.330 e. The molecule has 8 nitrogen and oxygen atoms in total. The largest absolute Gasteiger partial charge is 0.508 e. The number of phenols is 1. The third kappa shape index (κ3) is 4.96. The molecule has 1 aliphatic rings. The predicted octanol–water partition coefficient (Wildman–Crippen LogP) is 1.45. The monoisotopic (exact) mass is 415 g/mol. The van der Waals surface area contributed by atoms with Crippen molar-refractivity contribution in [2.75, 3.05) is 13.2 Å². The zero-order valence-electron chi connectivity index (χ0n) is 16.3. The Kier molecular flexibility index (Phi) is 6.71. The summed E-state index contributed by atoms with van der Waals surface area (Å²) in [7, 11) is 0. The fourth-order valence-corrected chi connectivity index (χ4v) is 3.44. The molecular weight excluding hydrogens is 390 g/mol. The number of aromatic hydroxyl groups is 1. The third-order valence-corrected chi connectivity index (χ3v) is 5.19. The van der Waals surface area contributed by atoms with Crippen LogP contribution in [0.2, 0.25) is 0 Å². The Labute approximate surface area is 173 Å². The summed E-state index contributed by atoms with van der Waals surface area (Å²) >= 11 is 0. The topological polar surface area (TPSA) is 136 Å². The van der Waals surface area contributed by atoms with Crippen LogP contribution in [0.1, 0.15) is 41.7 Å². The van der Waals surface area contributed by atoms with Gasteiger partial charge in [0.25, 0.3) is 5.91 Å². The summed E-state index contributed by atoms with van der Waals surface area (Å²) in [6, 6.07) is 11.7. The molecule has 30 heavy (non-hydrogen) atoms. The third-order valence-electron chi connectivity index (χ3n) is 5.19. The van der Waals surface area contributed by atoms with Crippen LogP contribution < -0.4 is 5.32 Å². The maximum Gasteiger partial charge on any atom is 0.330 e. The van der Waals surface area contributed by atoms with E-state index in [1.54, 1.807) is 36.4 Å². The molecule has 1 heterocycles. The number of carbonyl (C=O) groups is 2. The fourth-order valence-electron chi connectivity index (χ4n) is 3.44. The summed E-state index contributed by atoms with van der Waals surface area (Å²) in [5.41, 5.74) is 0.158. The second kappa shape index (κ2) is 9.25. The van der Waals surface area contributed by atoms with Gasteiger partial charge >= 0.3 is 5.97 Å². The summed E-state index contributed by atoms with van der Waals surface area (Å²) in [5, 5.41) is 41.0. The lowest BCUT2D eigenvalue weighted by molar-refractivity contribution is -0.147. The van der Waals surface area contributed by atoms with E-state index in [1.807, 2.05) is 0 Å². The highest BCUT2D eigenvalue weighted by molar-refractivity contribution is 5.90. The van der Waals surface area contributed by atoms with Gasteiger partial charge in [-0.1, -0.05) is 36.4 Å². The van der Waals surface area contributed by atoms with Gasteiger partial charge in [0.15, 0.2) is 11.6 Å². The van der Waals surface area contributed by atoms with Gasteiger partial charge in [-0.15, -0.1) is 0 Å². The molecule has 2 aromatic carbocycles. The van der Waals surface area contributed by atoms with Crippen molar-refractivity contribution < 1.29 is 34.8 Å². The maximum absolute atomic E-state index is 12.7. The number of carboxylic acid groups (broad SMARTS) is 1. The van der Waals surface area contributed by atoms with Gasteiger partial charge in [0, 0.05) is 13.0 Å². The molecule has 3 atom stereocenters. The van der Waals surface area contributed by atoms with Gasteiger partial charge in [-0.3, -0.25) is 4.79 Å². The van der Waals surface area contributed by atoms with Gasteiger partial charge < -0.3 is 30.5 Å². The van der Waals surface area contributed by atoms with E-state index in [4.69, 9.17) is 9.84 Å². The second-order valence-electron chi connectivity index (χ2n) is 7.44. The van der Waals surface area contributed by atoms with Crippen LogP contribution in [0, 0.1) is 0 Å². The molecule has 3 rings (SSSR count). The van der Waals surface area contributed by atoms with Crippen LogP contribution in [0.3, 0.4) is 0 Å². The van der Waals surface area contributed by atoms with Crippen molar-refractivity contribution >= 4 is 11.9 Å². The first-order valence-corrected chi connectivity index (χ1v) is 9.69. The molecule has 0 aromatic heterocycles. The summed E-state index contributed by atoms with van der Waals surface area (Å²) < 4.78 is 5.56. The number of aliphatic carboxylic acids is 1. The van der Waals surface area contributed by atoms with Gasteiger partial charge in [-0.05, 0) is 41.7 Å². The minimum Gasteiger partial charge on any atom is -0.508 e. The van der Waals surface area contributed by atoms with Crippen molar-refractivity contribution in [3.05, 3.63) is 65.2 Å². The first-order valence-electron chi connectivity index (χ1n) is 9.69. The number of hydrogen-bond donors (Lipinski definition) is 5. The van der Waals surface area contributed by atoms with Crippen molar-refractivity contribution in [1.82, 2.24) is 5.32 Å². The van der Waals surface area contributed by atoms with Crippen LogP contribution >= 0.6 is 0 Å². The Bertz CT molecular complexity index is 881. The van der Waals surface area contributed by atoms with E-state index in [2.05, 4.69) is 5.32 Å². The Hall–Kier alpha value is -2.94. The number of aryl methyl sites for hydroxylation is 1. The van der Waals surface area contributed by atoms with Gasteiger partial charge in [0.1, 0.15) is 5.75 Å². The van der Waals surface area contributed by atoms with E-state index in [0.29, 0.717) is 24.0 Å². The highest BCUT2D eigenvalue weighted by Gasteiger charge is 2.46. The number of amides is 1. The van der Waals surface area contributed by atoms with Crippen LogP contribution in [-0.2, 0) is 20.7 Å². The zero-order chi connectivity index (χ0) is 21.7. The molecule has 0 radical (unpaired) electrons. The van der Waals surface area contributed by atoms with Crippen molar-refractivity contribution in [3.8, 4) is 5.75 Å². The average Bonchev–Trinajstić information content (AvgIpc) is 3.14. The molecule has 1 fully saturated rings. The summed E-state index contributed by atoms with van der Waals surface area (Å²) in [6.45, 7) is -0.196. The first kappa shape index (κ1) is 21.8. The molecule has 0 bridgehead atoms. The molecule has 1 unspecified atom stereocenters. The number of phenolic OH excluding ortho intramolecular Hbond substituents is 1. The molecule has 5 N–H and O–H groups in total. The number of ether oxygens (including phenoxy) is 1. The van der Waals surface area contributed by atoms with Gasteiger partial charge in [0.05, 0.1) is 12.7 Å². The number of aliphatic hydroxyl groups is 2. The molecular formula is C22H25NO7. The number of carboxylic acids is 1. The summed E-state index contributed by atoms with van der Waals surface area (Å²) in [5.74, 6) is -1.97. The van der Waals surface area contributed by atoms with E-state index in [0.717, 1.165) is 5.56 Å². The van der Waals surface area contributed by atoms with Gasteiger partial charge in [-0.25, -0.2) is 4.79 Å². The van der Waals surface area contributed by atoms with Gasteiger partial charge in [0.2, 0.25) is 0 Å².